The number of amides is 2. The van der Waals surface area contributed by atoms with Crippen molar-refractivity contribution in [1.29, 1.82) is 0 Å². The number of aliphatic carboxylic acids is 1. The Morgan fingerprint density at radius 1 is 1.38 bits per heavy atom. The minimum Gasteiger partial charge on any atom is -0.481 e. The lowest BCUT2D eigenvalue weighted by Gasteiger charge is -2.32. The van der Waals surface area contributed by atoms with Crippen molar-refractivity contribution >= 4 is 12.0 Å². The minimum atomic E-state index is -0.911. The van der Waals surface area contributed by atoms with Crippen LogP contribution in [-0.2, 0) is 4.79 Å². The average Bonchev–Trinajstić information content (AvgIpc) is 2.16. The molecule has 0 aromatic rings. The molecule has 0 saturated carbocycles. The van der Waals surface area contributed by atoms with Crippen molar-refractivity contribution in [3.05, 3.63) is 0 Å². The number of nitrogens with one attached hydrogen (secondary N) is 2. The molecule has 1 rings (SSSR count). The molecule has 0 bridgehead atoms. The monoisotopic (exact) mass is 229 g/mol. The maximum Gasteiger partial charge on any atom is 0.317 e. The highest BCUT2D eigenvalue weighted by Gasteiger charge is 2.26. The first-order valence-electron chi connectivity index (χ1n) is 5.40. The summed E-state index contributed by atoms with van der Waals surface area (Å²) in [6.07, 6.45) is -0.0785. The Morgan fingerprint density at radius 3 is 2.44 bits per heavy atom. The lowest BCUT2D eigenvalue weighted by Crippen LogP contribution is -2.55. The topological polar surface area (TPSA) is 81.7 Å². The first-order valence-corrected chi connectivity index (χ1v) is 5.40. The van der Waals surface area contributed by atoms with Crippen molar-refractivity contribution in [2.45, 2.75) is 25.8 Å². The van der Waals surface area contributed by atoms with Gasteiger partial charge in [-0.3, -0.25) is 4.79 Å². The van der Waals surface area contributed by atoms with Crippen LogP contribution in [0.5, 0.6) is 0 Å². The van der Waals surface area contributed by atoms with Gasteiger partial charge < -0.3 is 20.6 Å². The van der Waals surface area contributed by atoms with E-state index >= 15 is 0 Å². The van der Waals surface area contributed by atoms with E-state index in [2.05, 4.69) is 10.6 Å². The number of hydrogen-bond donors (Lipinski definition) is 3. The van der Waals surface area contributed by atoms with Crippen LogP contribution in [0.3, 0.4) is 0 Å². The fourth-order valence-electron chi connectivity index (χ4n) is 1.66. The van der Waals surface area contributed by atoms with Crippen LogP contribution in [0.4, 0.5) is 4.79 Å². The van der Waals surface area contributed by atoms with Gasteiger partial charge in [-0.1, -0.05) is 0 Å². The molecule has 1 fully saturated rings. The van der Waals surface area contributed by atoms with Gasteiger partial charge in [0.1, 0.15) is 0 Å². The van der Waals surface area contributed by atoms with Crippen molar-refractivity contribution in [3.8, 4) is 0 Å². The Kier molecular flexibility index (Phi) is 4.12. The van der Waals surface area contributed by atoms with Gasteiger partial charge in [0.25, 0.3) is 0 Å². The summed E-state index contributed by atoms with van der Waals surface area (Å²) in [5.41, 5.74) is -0.714. The molecule has 1 aliphatic rings. The lowest BCUT2D eigenvalue weighted by atomic mass is 10.0. The molecular weight excluding hydrogens is 210 g/mol. The summed E-state index contributed by atoms with van der Waals surface area (Å²) in [4.78, 5) is 24.1. The first-order chi connectivity index (χ1) is 7.41. The number of carbonyl (C=O) groups is 2. The van der Waals surface area contributed by atoms with Crippen molar-refractivity contribution in [1.82, 2.24) is 15.5 Å². The van der Waals surface area contributed by atoms with Gasteiger partial charge in [-0.05, 0) is 13.8 Å². The van der Waals surface area contributed by atoms with Gasteiger partial charge in [-0.15, -0.1) is 0 Å². The second-order valence-electron chi connectivity index (χ2n) is 4.62. The highest BCUT2D eigenvalue weighted by atomic mass is 16.4. The zero-order chi connectivity index (χ0) is 12.2. The third-order valence-corrected chi connectivity index (χ3v) is 2.44. The van der Waals surface area contributed by atoms with Crippen LogP contribution in [0.25, 0.3) is 0 Å². The number of rotatable bonds is 3. The molecule has 0 aliphatic carbocycles. The van der Waals surface area contributed by atoms with E-state index in [0.717, 1.165) is 13.1 Å². The zero-order valence-electron chi connectivity index (χ0n) is 9.75. The molecule has 6 heteroatoms. The normalized spacial score (nSPS) is 17.0. The second-order valence-corrected chi connectivity index (χ2v) is 4.62. The first kappa shape index (κ1) is 12.8. The molecule has 3 N–H and O–H groups in total. The lowest BCUT2D eigenvalue weighted by molar-refractivity contribution is -0.138. The third kappa shape index (κ3) is 4.06. The van der Waals surface area contributed by atoms with E-state index < -0.39 is 11.5 Å². The van der Waals surface area contributed by atoms with Crippen LogP contribution >= 0.6 is 0 Å². The molecule has 0 atom stereocenters. The van der Waals surface area contributed by atoms with Gasteiger partial charge in [0, 0.05) is 31.7 Å². The summed E-state index contributed by atoms with van der Waals surface area (Å²) in [5.74, 6) is -0.911. The molecule has 0 aromatic heterocycles. The van der Waals surface area contributed by atoms with Gasteiger partial charge in [-0.2, -0.15) is 0 Å². The molecular formula is C10H19N3O3. The summed E-state index contributed by atoms with van der Waals surface area (Å²) in [5, 5.41) is 14.6. The Morgan fingerprint density at radius 2 is 1.94 bits per heavy atom. The van der Waals surface area contributed by atoms with Crippen LogP contribution in [0.1, 0.15) is 20.3 Å². The van der Waals surface area contributed by atoms with Gasteiger partial charge in [0.2, 0.25) is 0 Å². The van der Waals surface area contributed by atoms with Crippen molar-refractivity contribution in [2.24, 2.45) is 0 Å². The maximum absolute atomic E-state index is 11.8. The SMILES string of the molecule is CC(C)(CC(=O)O)NC(=O)N1CCNCC1. The molecule has 1 aliphatic heterocycles. The van der Waals surface area contributed by atoms with E-state index in [9.17, 15) is 9.59 Å². The number of carbonyl (C=O) groups excluding carboxylic acids is 1. The number of piperazine rings is 1. The van der Waals surface area contributed by atoms with Crippen LogP contribution in [0.15, 0.2) is 0 Å². The predicted octanol–water partition coefficient (Wildman–Crippen LogP) is -0.145. The summed E-state index contributed by atoms with van der Waals surface area (Å²) in [6, 6.07) is -0.187. The van der Waals surface area contributed by atoms with Gasteiger partial charge in [0.15, 0.2) is 0 Å². The molecule has 0 spiro atoms. The Bertz CT molecular complexity index is 272. The number of nitrogens with zero attached hydrogens (tertiary/aromatic N) is 1. The van der Waals surface area contributed by atoms with Gasteiger partial charge >= 0.3 is 12.0 Å². The standard InChI is InChI=1S/C10H19N3O3/c1-10(2,7-8(14)15)12-9(16)13-5-3-11-4-6-13/h11H,3-7H2,1-2H3,(H,12,16)(H,14,15). The predicted molar refractivity (Wildman–Crippen MR) is 59.3 cm³/mol. The van der Waals surface area contributed by atoms with E-state index in [1.807, 2.05) is 0 Å². The fourth-order valence-corrected chi connectivity index (χ4v) is 1.66. The quantitative estimate of drug-likeness (QED) is 0.629. The molecule has 92 valence electrons. The average molecular weight is 229 g/mol. The summed E-state index contributed by atoms with van der Waals surface area (Å²) < 4.78 is 0. The van der Waals surface area contributed by atoms with E-state index in [4.69, 9.17) is 5.11 Å². The van der Waals surface area contributed by atoms with Crippen LogP contribution in [0.2, 0.25) is 0 Å². The zero-order valence-corrected chi connectivity index (χ0v) is 9.75. The Balaban J connectivity index is 2.45. The van der Waals surface area contributed by atoms with E-state index in [1.165, 1.54) is 0 Å². The molecule has 6 nitrogen and oxygen atoms in total. The summed E-state index contributed by atoms with van der Waals surface area (Å²) in [6.45, 7) is 6.31. The summed E-state index contributed by atoms with van der Waals surface area (Å²) >= 11 is 0. The Hall–Kier alpha value is -1.30. The number of carboxylic acids is 1. The molecule has 0 aromatic carbocycles. The smallest absolute Gasteiger partial charge is 0.317 e. The molecule has 16 heavy (non-hydrogen) atoms. The van der Waals surface area contributed by atoms with Crippen LogP contribution in [-0.4, -0.2) is 53.7 Å². The molecule has 0 radical (unpaired) electrons. The Labute approximate surface area is 95.0 Å². The molecule has 1 saturated heterocycles. The van der Waals surface area contributed by atoms with E-state index in [-0.39, 0.29) is 12.5 Å². The molecule has 2 amide bonds. The van der Waals surface area contributed by atoms with Crippen LogP contribution < -0.4 is 10.6 Å². The number of urea groups is 1. The fraction of sp³-hybridized carbons (Fsp3) is 0.800. The van der Waals surface area contributed by atoms with Gasteiger partial charge in [-0.25, -0.2) is 4.79 Å². The largest absolute Gasteiger partial charge is 0.481 e. The maximum atomic E-state index is 11.8. The number of carboxylic acid groups (broad SMARTS) is 1. The van der Waals surface area contributed by atoms with Crippen LogP contribution in [0, 0.1) is 0 Å². The minimum absolute atomic E-state index is 0.0785. The van der Waals surface area contributed by atoms with E-state index in [0.29, 0.717) is 13.1 Å². The highest BCUT2D eigenvalue weighted by Crippen LogP contribution is 2.09. The van der Waals surface area contributed by atoms with Crippen molar-refractivity contribution in [3.63, 3.8) is 0 Å². The van der Waals surface area contributed by atoms with Crippen molar-refractivity contribution in [2.75, 3.05) is 26.2 Å². The molecule has 0 unspecified atom stereocenters. The summed E-state index contributed by atoms with van der Waals surface area (Å²) in [7, 11) is 0. The number of hydrogen-bond acceptors (Lipinski definition) is 3. The highest BCUT2D eigenvalue weighted by molar-refractivity contribution is 5.76. The van der Waals surface area contributed by atoms with E-state index in [1.54, 1.807) is 18.7 Å². The van der Waals surface area contributed by atoms with Gasteiger partial charge in [0.05, 0.1) is 6.42 Å². The van der Waals surface area contributed by atoms with Crippen molar-refractivity contribution < 1.29 is 14.7 Å². The second kappa shape index (κ2) is 5.16. The third-order valence-electron chi connectivity index (χ3n) is 2.44. The molecule has 1 heterocycles.